The molecule has 1 atom stereocenters. The fourth-order valence-electron chi connectivity index (χ4n) is 0.922. The molecule has 76 valence electrons. The van der Waals surface area contributed by atoms with E-state index < -0.39 is 6.04 Å². The maximum Gasteiger partial charge on any atom is 0.237 e. The van der Waals surface area contributed by atoms with E-state index in [4.69, 9.17) is 5.73 Å². The van der Waals surface area contributed by atoms with Crippen molar-refractivity contribution in [3.8, 4) is 0 Å². The predicted molar refractivity (Wildman–Crippen MR) is 52.1 cm³/mol. The zero-order valence-corrected chi connectivity index (χ0v) is 8.10. The molecule has 5 heteroatoms. The molecule has 0 aromatic carbocycles. The summed E-state index contributed by atoms with van der Waals surface area (Å²) in [5.41, 5.74) is 6.26. The topological polar surface area (TPSA) is 80.9 Å². The van der Waals surface area contributed by atoms with E-state index in [9.17, 15) is 4.79 Å². The molecule has 0 aliphatic carbocycles. The van der Waals surface area contributed by atoms with Crippen LogP contribution in [0.15, 0.2) is 18.3 Å². The first kappa shape index (κ1) is 10.6. The third-order valence-electron chi connectivity index (χ3n) is 1.85. The SMILES string of the molecule is CC[C@@H](N)C(=O)NCc1cccnn1. The number of nitrogens with zero attached hydrogens (tertiary/aromatic N) is 2. The Hall–Kier alpha value is -1.49. The maximum absolute atomic E-state index is 11.3. The van der Waals surface area contributed by atoms with Crippen molar-refractivity contribution in [1.29, 1.82) is 0 Å². The highest BCUT2D eigenvalue weighted by Crippen LogP contribution is 1.91. The van der Waals surface area contributed by atoms with Crippen LogP contribution in [0.1, 0.15) is 19.0 Å². The molecule has 1 rings (SSSR count). The van der Waals surface area contributed by atoms with Gasteiger partial charge in [0.05, 0.1) is 18.3 Å². The molecular weight excluding hydrogens is 180 g/mol. The van der Waals surface area contributed by atoms with E-state index in [0.29, 0.717) is 13.0 Å². The first-order valence-electron chi connectivity index (χ1n) is 4.54. The van der Waals surface area contributed by atoms with Gasteiger partial charge in [-0.2, -0.15) is 10.2 Å². The summed E-state index contributed by atoms with van der Waals surface area (Å²) in [7, 11) is 0. The summed E-state index contributed by atoms with van der Waals surface area (Å²) >= 11 is 0. The highest BCUT2D eigenvalue weighted by atomic mass is 16.2. The molecule has 0 fully saturated rings. The number of carbonyl (C=O) groups is 1. The van der Waals surface area contributed by atoms with Gasteiger partial charge in [-0.15, -0.1) is 0 Å². The quantitative estimate of drug-likeness (QED) is 0.697. The lowest BCUT2D eigenvalue weighted by atomic mass is 10.2. The van der Waals surface area contributed by atoms with Crippen LogP contribution in [0.4, 0.5) is 0 Å². The largest absolute Gasteiger partial charge is 0.349 e. The van der Waals surface area contributed by atoms with E-state index in [1.165, 1.54) is 0 Å². The average Bonchev–Trinajstić information content (AvgIpc) is 2.26. The van der Waals surface area contributed by atoms with Crippen molar-refractivity contribution in [1.82, 2.24) is 15.5 Å². The Morgan fingerprint density at radius 3 is 3.07 bits per heavy atom. The van der Waals surface area contributed by atoms with Crippen LogP contribution >= 0.6 is 0 Å². The summed E-state index contributed by atoms with van der Waals surface area (Å²) in [4.78, 5) is 11.3. The summed E-state index contributed by atoms with van der Waals surface area (Å²) in [5, 5.41) is 10.2. The Morgan fingerprint density at radius 2 is 2.50 bits per heavy atom. The molecule has 0 bridgehead atoms. The van der Waals surface area contributed by atoms with E-state index in [1.807, 2.05) is 6.92 Å². The molecule has 1 heterocycles. The lowest BCUT2D eigenvalue weighted by Gasteiger charge is -2.08. The molecule has 0 radical (unpaired) electrons. The molecule has 0 spiro atoms. The van der Waals surface area contributed by atoms with Gasteiger partial charge in [0, 0.05) is 6.20 Å². The minimum Gasteiger partial charge on any atom is -0.349 e. The number of amides is 1. The smallest absolute Gasteiger partial charge is 0.237 e. The number of rotatable bonds is 4. The van der Waals surface area contributed by atoms with Crippen LogP contribution in [0.3, 0.4) is 0 Å². The minimum absolute atomic E-state index is 0.154. The van der Waals surface area contributed by atoms with E-state index in [1.54, 1.807) is 18.3 Å². The Balaban J connectivity index is 2.38. The van der Waals surface area contributed by atoms with E-state index in [-0.39, 0.29) is 5.91 Å². The van der Waals surface area contributed by atoms with Crippen molar-refractivity contribution in [3.05, 3.63) is 24.0 Å². The third kappa shape index (κ3) is 3.10. The van der Waals surface area contributed by atoms with E-state index in [2.05, 4.69) is 15.5 Å². The van der Waals surface area contributed by atoms with Crippen molar-refractivity contribution in [3.63, 3.8) is 0 Å². The van der Waals surface area contributed by atoms with Crippen LogP contribution in [0.25, 0.3) is 0 Å². The Kier molecular flexibility index (Phi) is 4.00. The second-order valence-electron chi connectivity index (χ2n) is 2.95. The van der Waals surface area contributed by atoms with Gasteiger partial charge in [0.15, 0.2) is 0 Å². The number of hydrogen-bond acceptors (Lipinski definition) is 4. The summed E-state index contributed by atoms with van der Waals surface area (Å²) in [6.45, 7) is 2.24. The monoisotopic (exact) mass is 194 g/mol. The molecule has 0 saturated carbocycles. The van der Waals surface area contributed by atoms with Gasteiger partial charge in [0.1, 0.15) is 0 Å². The van der Waals surface area contributed by atoms with E-state index in [0.717, 1.165) is 5.69 Å². The lowest BCUT2D eigenvalue weighted by molar-refractivity contribution is -0.122. The fraction of sp³-hybridized carbons (Fsp3) is 0.444. The van der Waals surface area contributed by atoms with Gasteiger partial charge in [-0.25, -0.2) is 0 Å². The van der Waals surface area contributed by atoms with Crippen LogP contribution in [0.5, 0.6) is 0 Å². The first-order chi connectivity index (χ1) is 6.74. The number of nitrogens with one attached hydrogen (secondary N) is 1. The molecule has 14 heavy (non-hydrogen) atoms. The predicted octanol–water partition coefficient (Wildman–Crippen LogP) is -0.170. The normalized spacial score (nSPS) is 12.1. The van der Waals surface area contributed by atoms with E-state index >= 15 is 0 Å². The standard InChI is InChI=1S/C9H14N4O/c1-2-8(10)9(14)11-6-7-4-3-5-12-13-7/h3-5,8H,2,6,10H2,1H3,(H,11,14)/t8-/m1/s1. The second kappa shape index (κ2) is 5.29. The molecule has 0 unspecified atom stereocenters. The Bertz CT molecular complexity index is 288. The summed E-state index contributed by atoms with van der Waals surface area (Å²) in [6.07, 6.45) is 2.22. The van der Waals surface area contributed by atoms with Crippen molar-refractivity contribution in [2.24, 2.45) is 5.73 Å². The highest BCUT2D eigenvalue weighted by molar-refractivity contribution is 5.81. The number of nitrogens with two attached hydrogens (primary N) is 1. The molecule has 0 aliphatic rings. The molecule has 3 N–H and O–H groups in total. The summed E-state index contributed by atoms with van der Waals surface area (Å²) in [5.74, 6) is -0.154. The highest BCUT2D eigenvalue weighted by Gasteiger charge is 2.09. The van der Waals surface area contributed by atoms with Crippen LogP contribution in [-0.2, 0) is 11.3 Å². The summed E-state index contributed by atoms with van der Waals surface area (Å²) < 4.78 is 0. The van der Waals surface area contributed by atoms with Crippen molar-refractivity contribution < 1.29 is 4.79 Å². The van der Waals surface area contributed by atoms with Gasteiger partial charge < -0.3 is 11.1 Å². The van der Waals surface area contributed by atoms with Gasteiger partial charge in [-0.1, -0.05) is 6.92 Å². The zero-order valence-electron chi connectivity index (χ0n) is 8.10. The average molecular weight is 194 g/mol. The zero-order chi connectivity index (χ0) is 10.4. The van der Waals surface area contributed by atoms with Gasteiger partial charge in [-0.05, 0) is 18.6 Å². The first-order valence-corrected chi connectivity index (χ1v) is 4.54. The molecule has 1 aromatic heterocycles. The van der Waals surface area contributed by atoms with Gasteiger partial charge in [0.25, 0.3) is 0 Å². The van der Waals surface area contributed by atoms with Crippen LogP contribution in [0, 0.1) is 0 Å². The van der Waals surface area contributed by atoms with Crippen molar-refractivity contribution >= 4 is 5.91 Å². The molecule has 1 aromatic rings. The van der Waals surface area contributed by atoms with Gasteiger partial charge in [-0.3, -0.25) is 4.79 Å². The number of aromatic nitrogens is 2. The van der Waals surface area contributed by atoms with Crippen molar-refractivity contribution in [2.45, 2.75) is 25.9 Å². The van der Waals surface area contributed by atoms with Gasteiger partial charge >= 0.3 is 0 Å². The van der Waals surface area contributed by atoms with Crippen LogP contribution < -0.4 is 11.1 Å². The Labute approximate surface area is 82.7 Å². The molecule has 0 saturated heterocycles. The molecule has 1 amide bonds. The maximum atomic E-state index is 11.3. The summed E-state index contributed by atoms with van der Waals surface area (Å²) in [6, 6.07) is 3.13. The second-order valence-corrected chi connectivity index (χ2v) is 2.95. The van der Waals surface area contributed by atoms with Gasteiger partial charge in [0.2, 0.25) is 5.91 Å². The fourth-order valence-corrected chi connectivity index (χ4v) is 0.922. The molecular formula is C9H14N4O. The van der Waals surface area contributed by atoms with Crippen molar-refractivity contribution in [2.75, 3.05) is 0 Å². The molecule has 5 nitrogen and oxygen atoms in total. The number of carbonyl (C=O) groups excluding carboxylic acids is 1. The molecule has 0 aliphatic heterocycles. The third-order valence-corrected chi connectivity index (χ3v) is 1.85. The van der Waals surface area contributed by atoms with Crippen LogP contribution in [-0.4, -0.2) is 22.1 Å². The minimum atomic E-state index is -0.438. The Morgan fingerprint density at radius 1 is 1.71 bits per heavy atom. The van der Waals surface area contributed by atoms with Crippen LogP contribution in [0.2, 0.25) is 0 Å². The number of hydrogen-bond donors (Lipinski definition) is 2. The lowest BCUT2D eigenvalue weighted by Crippen LogP contribution is -2.39.